The first kappa shape index (κ1) is 6.24. The van der Waals surface area contributed by atoms with E-state index in [0.29, 0.717) is 6.10 Å². The van der Waals surface area contributed by atoms with Gasteiger partial charge in [0.2, 0.25) is 0 Å². The van der Waals surface area contributed by atoms with Crippen molar-refractivity contribution in [3.63, 3.8) is 0 Å². The Labute approximate surface area is 67.4 Å². The minimum atomic E-state index is 0.539. The lowest BCUT2D eigenvalue weighted by Gasteiger charge is -2.17. The minimum Gasteiger partial charge on any atom is -0.380 e. The summed E-state index contributed by atoms with van der Waals surface area (Å²) in [6, 6.07) is 0. The molecule has 3 aliphatic rings. The highest BCUT2D eigenvalue weighted by Gasteiger charge is 2.60. The summed E-state index contributed by atoms with van der Waals surface area (Å²) in [7, 11) is 1.86. The van der Waals surface area contributed by atoms with E-state index in [1.165, 1.54) is 19.3 Å². The van der Waals surface area contributed by atoms with Crippen LogP contribution in [-0.4, -0.2) is 13.2 Å². The van der Waals surface area contributed by atoms with E-state index >= 15 is 0 Å². The molecule has 1 heteroatoms. The van der Waals surface area contributed by atoms with Crippen LogP contribution in [0, 0.1) is 17.3 Å². The predicted molar refractivity (Wildman–Crippen MR) is 43.2 cm³/mol. The van der Waals surface area contributed by atoms with Crippen LogP contribution in [0.2, 0.25) is 0 Å². The molecule has 0 aliphatic heterocycles. The average Bonchev–Trinajstić information content (AvgIpc) is 2.60. The molecule has 3 aliphatic carbocycles. The van der Waals surface area contributed by atoms with Gasteiger partial charge in [-0.3, -0.25) is 0 Å². The largest absolute Gasteiger partial charge is 0.380 e. The van der Waals surface area contributed by atoms with E-state index < -0.39 is 0 Å². The van der Waals surface area contributed by atoms with Crippen LogP contribution >= 0.6 is 0 Å². The van der Waals surface area contributed by atoms with Gasteiger partial charge in [-0.05, 0) is 24.7 Å². The third-order valence-corrected chi connectivity index (χ3v) is 3.86. The molecule has 0 amide bonds. The second-order valence-electron chi connectivity index (χ2n) is 4.34. The lowest BCUT2D eigenvalue weighted by atomic mass is 9.90. The molecule has 0 radical (unpaired) electrons. The van der Waals surface area contributed by atoms with E-state index in [9.17, 15) is 0 Å². The van der Waals surface area contributed by atoms with Crippen molar-refractivity contribution in [2.75, 3.05) is 7.11 Å². The number of hydrogen-bond acceptors (Lipinski definition) is 1. The fraction of sp³-hybridized carbons (Fsp3) is 0.800. The molecule has 60 valence electrons. The first-order valence-electron chi connectivity index (χ1n) is 4.57. The molecule has 1 spiro atoms. The maximum Gasteiger partial charge on any atom is 0.0701 e. The maximum atomic E-state index is 5.51. The Balaban J connectivity index is 1.95. The second-order valence-corrected chi connectivity index (χ2v) is 4.34. The monoisotopic (exact) mass is 150 g/mol. The van der Waals surface area contributed by atoms with Gasteiger partial charge in [0.1, 0.15) is 0 Å². The Kier molecular flexibility index (Phi) is 0.972. The van der Waals surface area contributed by atoms with E-state index in [0.717, 1.165) is 17.3 Å². The van der Waals surface area contributed by atoms with Crippen molar-refractivity contribution in [3.8, 4) is 0 Å². The smallest absolute Gasteiger partial charge is 0.0701 e. The number of methoxy groups -OCH3 is 1. The molecular formula is C10H14O. The fourth-order valence-electron chi connectivity index (χ4n) is 3.11. The normalized spacial score (nSPS) is 49.0. The highest BCUT2D eigenvalue weighted by molar-refractivity contribution is 5.24. The summed E-state index contributed by atoms with van der Waals surface area (Å²) >= 11 is 0. The van der Waals surface area contributed by atoms with E-state index in [1.54, 1.807) is 0 Å². The van der Waals surface area contributed by atoms with Crippen molar-refractivity contribution in [2.45, 2.75) is 25.4 Å². The molecule has 0 unspecified atom stereocenters. The van der Waals surface area contributed by atoms with Crippen molar-refractivity contribution in [1.82, 2.24) is 0 Å². The molecule has 1 nitrogen and oxygen atoms in total. The van der Waals surface area contributed by atoms with Gasteiger partial charge in [0.15, 0.2) is 0 Å². The third-order valence-electron chi connectivity index (χ3n) is 3.86. The molecular weight excluding hydrogens is 136 g/mol. The number of hydrogen-bond donors (Lipinski definition) is 0. The summed E-state index contributed by atoms with van der Waals surface area (Å²) in [6.45, 7) is 0. The summed E-state index contributed by atoms with van der Waals surface area (Å²) in [6.07, 6.45) is 9.62. The van der Waals surface area contributed by atoms with Crippen molar-refractivity contribution < 1.29 is 4.74 Å². The van der Waals surface area contributed by atoms with Crippen LogP contribution in [0.3, 0.4) is 0 Å². The number of ether oxygens (including phenoxy) is 1. The van der Waals surface area contributed by atoms with Crippen molar-refractivity contribution in [1.29, 1.82) is 0 Å². The van der Waals surface area contributed by atoms with Gasteiger partial charge in [-0.15, -0.1) is 0 Å². The molecule has 3 atom stereocenters. The molecule has 2 saturated carbocycles. The summed E-state index contributed by atoms with van der Waals surface area (Å²) in [4.78, 5) is 0. The summed E-state index contributed by atoms with van der Waals surface area (Å²) in [5.41, 5.74) is 0.722. The maximum absolute atomic E-state index is 5.51. The van der Waals surface area contributed by atoms with Gasteiger partial charge in [-0.1, -0.05) is 12.2 Å². The Morgan fingerprint density at radius 1 is 1.36 bits per heavy atom. The molecule has 3 rings (SSSR count). The Morgan fingerprint density at radius 2 is 2.18 bits per heavy atom. The van der Waals surface area contributed by atoms with Gasteiger partial charge in [0, 0.05) is 18.9 Å². The third kappa shape index (κ3) is 0.610. The van der Waals surface area contributed by atoms with Crippen LogP contribution in [0.4, 0.5) is 0 Å². The van der Waals surface area contributed by atoms with E-state index in [1.807, 2.05) is 7.11 Å². The Bertz CT molecular complexity index is 215. The van der Waals surface area contributed by atoms with Gasteiger partial charge in [0.05, 0.1) is 6.10 Å². The Morgan fingerprint density at radius 3 is 2.64 bits per heavy atom. The quantitative estimate of drug-likeness (QED) is 0.519. The van der Waals surface area contributed by atoms with Crippen LogP contribution in [0.25, 0.3) is 0 Å². The lowest BCUT2D eigenvalue weighted by Crippen LogP contribution is -2.19. The minimum absolute atomic E-state index is 0.539. The number of rotatable bonds is 1. The molecule has 0 heterocycles. The fourth-order valence-corrected chi connectivity index (χ4v) is 3.11. The zero-order chi connectivity index (χ0) is 7.47. The van der Waals surface area contributed by atoms with Gasteiger partial charge in [0.25, 0.3) is 0 Å². The molecule has 0 aromatic carbocycles. The molecule has 11 heavy (non-hydrogen) atoms. The van der Waals surface area contributed by atoms with Crippen LogP contribution in [0.1, 0.15) is 19.3 Å². The van der Waals surface area contributed by atoms with E-state index in [4.69, 9.17) is 4.74 Å². The highest BCUT2D eigenvalue weighted by Crippen LogP contribution is 2.66. The summed E-state index contributed by atoms with van der Waals surface area (Å²) in [5, 5.41) is 0. The topological polar surface area (TPSA) is 9.23 Å². The number of fused-ring (bicyclic) bond motifs is 3. The predicted octanol–water partition coefficient (Wildman–Crippen LogP) is 1.99. The SMILES string of the molecule is CO[C@H]1[C@@H]2C=C[C@H]1C1(CC1)C2. The summed E-state index contributed by atoms with van der Waals surface area (Å²) in [5.74, 6) is 1.53. The van der Waals surface area contributed by atoms with Crippen molar-refractivity contribution in [3.05, 3.63) is 12.2 Å². The van der Waals surface area contributed by atoms with E-state index in [-0.39, 0.29) is 0 Å². The summed E-state index contributed by atoms with van der Waals surface area (Å²) < 4.78 is 5.51. The van der Waals surface area contributed by atoms with Crippen molar-refractivity contribution >= 4 is 0 Å². The first-order chi connectivity index (χ1) is 5.36. The van der Waals surface area contributed by atoms with Gasteiger partial charge in [-0.2, -0.15) is 0 Å². The van der Waals surface area contributed by atoms with Crippen molar-refractivity contribution in [2.24, 2.45) is 17.3 Å². The molecule has 0 saturated heterocycles. The first-order valence-corrected chi connectivity index (χ1v) is 4.57. The molecule has 2 bridgehead atoms. The molecule has 0 N–H and O–H groups in total. The van der Waals surface area contributed by atoms with E-state index in [2.05, 4.69) is 12.2 Å². The van der Waals surface area contributed by atoms with Gasteiger partial charge < -0.3 is 4.74 Å². The average molecular weight is 150 g/mol. The zero-order valence-corrected chi connectivity index (χ0v) is 6.92. The molecule has 0 aromatic heterocycles. The Hall–Kier alpha value is -0.300. The molecule has 2 fully saturated rings. The van der Waals surface area contributed by atoms with Crippen LogP contribution in [0.5, 0.6) is 0 Å². The van der Waals surface area contributed by atoms with Crippen LogP contribution in [-0.2, 0) is 4.74 Å². The van der Waals surface area contributed by atoms with Crippen LogP contribution < -0.4 is 0 Å². The zero-order valence-electron chi connectivity index (χ0n) is 6.92. The van der Waals surface area contributed by atoms with Crippen LogP contribution in [0.15, 0.2) is 12.2 Å². The molecule has 0 aromatic rings. The standard InChI is InChI=1S/C10H14O/c1-11-9-7-2-3-8(9)10(6-7)4-5-10/h2-3,7-9H,4-6H2,1H3/t7-,8-,9+/m1/s1. The van der Waals surface area contributed by atoms with Gasteiger partial charge >= 0.3 is 0 Å². The van der Waals surface area contributed by atoms with Gasteiger partial charge in [-0.25, -0.2) is 0 Å². The second kappa shape index (κ2) is 1.71. The highest BCUT2D eigenvalue weighted by atomic mass is 16.5. The lowest BCUT2D eigenvalue weighted by molar-refractivity contribution is 0.0666.